The molecule has 5 N–H and O–H groups in total. The fraction of sp³-hybridized carbons (Fsp3) is 0.0667. The first-order chi connectivity index (χ1) is 11.1. The average Bonchev–Trinajstić information content (AvgIpc) is 2.47. The van der Waals surface area contributed by atoms with Gasteiger partial charge in [0.1, 0.15) is 4.90 Å². The molecule has 9 heteroatoms. The van der Waals surface area contributed by atoms with Crippen LogP contribution in [0.2, 0.25) is 0 Å². The largest absolute Gasteiger partial charge is 0.396 e. The molecular weight excluding hydrogens is 350 g/mol. The lowest BCUT2D eigenvalue weighted by atomic mass is 10.2. The van der Waals surface area contributed by atoms with Crippen molar-refractivity contribution < 1.29 is 16.8 Å². The Morgan fingerprint density at radius 3 is 2.21 bits per heavy atom. The molecule has 0 saturated carbocycles. The number of aryl methyl sites for hydroxylation is 1. The van der Waals surface area contributed by atoms with E-state index >= 15 is 0 Å². The standard InChI is InChI=1S/C15H17N3O4S2/c1-11-5-7-12(8-6-11)9-10-23(19,20)18-13-3-2-4-14(15(13)16)24(17,21)22/h2-10,18H,16H2,1H3,(H2,17,21,22)/b10-9+. The zero-order valence-corrected chi connectivity index (χ0v) is 14.4. The third-order valence-corrected chi connectivity index (χ3v) is 5.11. The van der Waals surface area contributed by atoms with Gasteiger partial charge in [-0.1, -0.05) is 35.9 Å². The number of nitrogen functional groups attached to an aromatic ring is 1. The van der Waals surface area contributed by atoms with Crippen LogP contribution in [0.5, 0.6) is 0 Å². The second-order valence-electron chi connectivity index (χ2n) is 5.12. The van der Waals surface area contributed by atoms with Gasteiger partial charge in [0.05, 0.1) is 16.8 Å². The second-order valence-corrected chi connectivity index (χ2v) is 8.22. The van der Waals surface area contributed by atoms with Crippen LogP contribution in [-0.2, 0) is 20.0 Å². The van der Waals surface area contributed by atoms with Gasteiger partial charge in [-0.25, -0.2) is 22.0 Å². The first kappa shape index (κ1) is 18.0. The Labute approximate surface area is 141 Å². The Balaban J connectivity index is 2.28. The van der Waals surface area contributed by atoms with Gasteiger partial charge in [-0.2, -0.15) is 0 Å². The molecule has 0 spiro atoms. The number of rotatable bonds is 5. The topological polar surface area (TPSA) is 132 Å². The maximum Gasteiger partial charge on any atom is 0.255 e. The van der Waals surface area contributed by atoms with Crippen molar-refractivity contribution in [2.45, 2.75) is 11.8 Å². The molecule has 0 amide bonds. The van der Waals surface area contributed by atoms with Crippen LogP contribution in [0.3, 0.4) is 0 Å². The molecule has 0 radical (unpaired) electrons. The van der Waals surface area contributed by atoms with E-state index in [0.717, 1.165) is 11.0 Å². The number of para-hydroxylation sites is 1. The van der Waals surface area contributed by atoms with Gasteiger partial charge in [0.25, 0.3) is 10.0 Å². The number of anilines is 2. The van der Waals surface area contributed by atoms with E-state index in [1.807, 2.05) is 19.1 Å². The summed E-state index contributed by atoms with van der Waals surface area (Å²) in [6.45, 7) is 1.92. The maximum absolute atomic E-state index is 12.1. The van der Waals surface area contributed by atoms with Crippen LogP contribution in [0, 0.1) is 6.92 Å². The molecule has 0 aliphatic carbocycles. The Kier molecular flexibility index (Phi) is 4.97. The molecule has 24 heavy (non-hydrogen) atoms. The third kappa shape index (κ3) is 4.57. The molecular formula is C15H17N3O4S2. The minimum atomic E-state index is -4.05. The van der Waals surface area contributed by atoms with E-state index in [0.29, 0.717) is 5.56 Å². The quantitative estimate of drug-likeness (QED) is 0.691. The van der Waals surface area contributed by atoms with Crippen LogP contribution in [0.1, 0.15) is 11.1 Å². The van der Waals surface area contributed by atoms with Gasteiger partial charge in [-0.05, 0) is 30.7 Å². The molecule has 0 atom stereocenters. The fourth-order valence-corrected chi connectivity index (χ4v) is 3.49. The summed E-state index contributed by atoms with van der Waals surface area (Å²) in [5.41, 5.74) is 7.14. The van der Waals surface area contributed by atoms with Crippen molar-refractivity contribution >= 4 is 37.5 Å². The predicted molar refractivity (Wildman–Crippen MR) is 95.0 cm³/mol. The molecule has 7 nitrogen and oxygen atoms in total. The average molecular weight is 367 g/mol. The van der Waals surface area contributed by atoms with E-state index < -0.39 is 20.0 Å². The van der Waals surface area contributed by atoms with E-state index in [-0.39, 0.29) is 16.3 Å². The summed E-state index contributed by atoms with van der Waals surface area (Å²) in [5, 5.41) is 6.01. The van der Waals surface area contributed by atoms with E-state index in [4.69, 9.17) is 10.9 Å². The van der Waals surface area contributed by atoms with Crippen molar-refractivity contribution in [3.05, 3.63) is 59.0 Å². The molecule has 2 aromatic rings. The van der Waals surface area contributed by atoms with Gasteiger partial charge in [0.15, 0.2) is 0 Å². The number of benzene rings is 2. The van der Waals surface area contributed by atoms with Gasteiger partial charge < -0.3 is 5.73 Å². The molecule has 0 unspecified atom stereocenters. The number of sulfonamides is 2. The molecule has 0 aromatic heterocycles. The molecule has 0 saturated heterocycles. The lowest BCUT2D eigenvalue weighted by molar-refractivity contribution is 0.597. The highest BCUT2D eigenvalue weighted by Crippen LogP contribution is 2.26. The van der Waals surface area contributed by atoms with Gasteiger partial charge in [0, 0.05) is 0 Å². The Morgan fingerprint density at radius 2 is 1.62 bits per heavy atom. The summed E-state index contributed by atoms with van der Waals surface area (Å²) >= 11 is 0. The van der Waals surface area contributed by atoms with Gasteiger partial charge in [-0.3, -0.25) is 4.72 Å². The van der Waals surface area contributed by atoms with Crippen molar-refractivity contribution in [2.24, 2.45) is 5.14 Å². The first-order valence-electron chi connectivity index (χ1n) is 6.77. The smallest absolute Gasteiger partial charge is 0.255 e. The monoisotopic (exact) mass is 367 g/mol. The Hall–Kier alpha value is -2.36. The van der Waals surface area contributed by atoms with Crippen LogP contribution in [0.15, 0.2) is 52.8 Å². The van der Waals surface area contributed by atoms with Crippen LogP contribution >= 0.6 is 0 Å². The summed E-state index contributed by atoms with van der Waals surface area (Å²) in [6.07, 6.45) is 1.42. The van der Waals surface area contributed by atoms with Crippen molar-refractivity contribution in [3.63, 3.8) is 0 Å². The highest BCUT2D eigenvalue weighted by molar-refractivity contribution is 7.95. The zero-order valence-electron chi connectivity index (χ0n) is 12.8. The number of nitrogens with one attached hydrogen (secondary N) is 1. The minimum absolute atomic E-state index is 0.0601. The highest BCUT2D eigenvalue weighted by atomic mass is 32.2. The van der Waals surface area contributed by atoms with Crippen molar-refractivity contribution in [2.75, 3.05) is 10.5 Å². The minimum Gasteiger partial charge on any atom is -0.396 e. The molecule has 128 valence electrons. The molecule has 2 aromatic carbocycles. The molecule has 0 aliphatic rings. The molecule has 0 aliphatic heterocycles. The first-order valence-corrected chi connectivity index (χ1v) is 9.87. The van der Waals surface area contributed by atoms with Gasteiger partial charge in [0.2, 0.25) is 10.0 Å². The maximum atomic E-state index is 12.1. The van der Waals surface area contributed by atoms with Crippen molar-refractivity contribution in [3.8, 4) is 0 Å². The lowest BCUT2D eigenvalue weighted by Crippen LogP contribution is -2.17. The summed E-state index contributed by atoms with van der Waals surface area (Å²) in [5.74, 6) is 0. The molecule has 0 heterocycles. The highest BCUT2D eigenvalue weighted by Gasteiger charge is 2.17. The van der Waals surface area contributed by atoms with Crippen LogP contribution in [0.4, 0.5) is 11.4 Å². The van der Waals surface area contributed by atoms with E-state index in [9.17, 15) is 16.8 Å². The second kappa shape index (κ2) is 6.63. The van der Waals surface area contributed by atoms with Gasteiger partial charge >= 0.3 is 0 Å². The van der Waals surface area contributed by atoms with E-state index in [2.05, 4.69) is 4.72 Å². The number of hydrogen-bond donors (Lipinski definition) is 3. The van der Waals surface area contributed by atoms with Gasteiger partial charge in [-0.15, -0.1) is 0 Å². The van der Waals surface area contributed by atoms with Crippen LogP contribution in [0.25, 0.3) is 6.08 Å². The van der Waals surface area contributed by atoms with Crippen LogP contribution in [-0.4, -0.2) is 16.8 Å². The zero-order chi connectivity index (χ0) is 18.0. The predicted octanol–water partition coefficient (Wildman–Crippen LogP) is 1.64. The Morgan fingerprint density at radius 1 is 1.00 bits per heavy atom. The number of hydrogen-bond acceptors (Lipinski definition) is 5. The molecule has 2 rings (SSSR count). The van der Waals surface area contributed by atoms with Crippen molar-refractivity contribution in [1.29, 1.82) is 0 Å². The summed E-state index contributed by atoms with van der Waals surface area (Å²) in [7, 11) is -7.92. The lowest BCUT2D eigenvalue weighted by Gasteiger charge is -2.10. The van der Waals surface area contributed by atoms with Crippen molar-refractivity contribution in [1.82, 2.24) is 0 Å². The Bertz CT molecular complexity index is 980. The molecule has 0 fully saturated rings. The van der Waals surface area contributed by atoms with E-state index in [1.54, 1.807) is 12.1 Å². The molecule has 0 bridgehead atoms. The normalized spacial score (nSPS) is 12.4. The number of nitrogens with two attached hydrogens (primary N) is 2. The summed E-state index contributed by atoms with van der Waals surface area (Å²) in [4.78, 5) is -0.342. The third-order valence-electron chi connectivity index (χ3n) is 3.14. The summed E-state index contributed by atoms with van der Waals surface area (Å²) in [6, 6.07) is 11.2. The van der Waals surface area contributed by atoms with E-state index in [1.165, 1.54) is 24.3 Å². The number of primary sulfonamides is 1. The van der Waals surface area contributed by atoms with Crippen LogP contribution < -0.4 is 15.6 Å². The summed E-state index contributed by atoms with van der Waals surface area (Å²) < 4.78 is 49.3. The SMILES string of the molecule is Cc1ccc(/C=C/S(=O)(=O)Nc2cccc(S(N)(=O)=O)c2N)cc1. The fourth-order valence-electron chi connectivity index (χ4n) is 1.91.